The molecule has 2 heterocycles. The third kappa shape index (κ3) is 3.73. The number of fused-ring (bicyclic) bond motifs is 1. The van der Waals surface area contributed by atoms with Gasteiger partial charge in [0.15, 0.2) is 0 Å². The maximum Gasteiger partial charge on any atom is 0.254 e. The summed E-state index contributed by atoms with van der Waals surface area (Å²) < 4.78 is 0. The van der Waals surface area contributed by atoms with Crippen molar-refractivity contribution in [1.29, 1.82) is 0 Å². The molecule has 3 aromatic rings. The molecule has 2 aliphatic rings. The zero-order valence-corrected chi connectivity index (χ0v) is 16.7. The van der Waals surface area contributed by atoms with E-state index < -0.39 is 0 Å². The van der Waals surface area contributed by atoms with Crippen LogP contribution in [0.3, 0.4) is 0 Å². The van der Waals surface area contributed by atoms with Crippen LogP contribution >= 0.6 is 0 Å². The molecular formula is C23H25N5O2. The predicted molar refractivity (Wildman–Crippen MR) is 114 cm³/mol. The molecule has 0 spiro atoms. The van der Waals surface area contributed by atoms with Gasteiger partial charge in [-0.05, 0) is 56.2 Å². The molecule has 0 radical (unpaired) electrons. The molecule has 0 atom stereocenters. The number of pyridine rings is 1. The summed E-state index contributed by atoms with van der Waals surface area (Å²) in [6, 6.07) is 9.74. The fourth-order valence-corrected chi connectivity index (χ4v) is 4.25. The van der Waals surface area contributed by atoms with Gasteiger partial charge in [0.2, 0.25) is 5.95 Å². The van der Waals surface area contributed by atoms with Crippen molar-refractivity contribution < 1.29 is 9.90 Å². The Labute approximate surface area is 175 Å². The zero-order chi connectivity index (χ0) is 20.6. The highest BCUT2D eigenvalue weighted by Gasteiger charge is 2.46. The highest BCUT2D eigenvalue weighted by molar-refractivity contribution is 6.06. The summed E-state index contributed by atoms with van der Waals surface area (Å²) in [5, 5.41) is 17.1. The van der Waals surface area contributed by atoms with Crippen LogP contribution in [0.1, 0.15) is 54.4 Å². The van der Waals surface area contributed by atoms with Crippen LogP contribution in [0.5, 0.6) is 0 Å². The molecule has 1 aromatic carbocycles. The minimum Gasteiger partial charge on any atom is -0.393 e. The maximum atomic E-state index is 13.2. The molecule has 30 heavy (non-hydrogen) atoms. The Kier molecular flexibility index (Phi) is 4.83. The van der Waals surface area contributed by atoms with E-state index in [9.17, 15) is 9.90 Å². The average molecular weight is 403 g/mol. The number of aliphatic hydroxyl groups is 1. The summed E-state index contributed by atoms with van der Waals surface area (Å²) in [5.74, 6) is 0.393. The van der Waals surface area contributed by atoms with Gasteiger partial charge in [0, 0.05) is 30.0 Å². The molecule has 154 valence electrons. The van der Waals surface area contributed by atoms with Gasteiger partial charge in [-0.25, -0.2) is 9.97 Å². The number of benzene rings is 1. The van der Waals surface area contributed by atoms with Crippen LogP contribution in [0.2, 0.25) is 0 Å². The molecule has 0 aliphatic heterocycles. The number of anilines is 1. The second-order valence-corrected chi connectivity index (χ2v) is 8.36. The lowest BCUT2D eigenvalue weighted by Crippen LogP contribution is -2.35. The highest BCUT2D eigenvalue weighted by atomic mass is 16.3. The first-order valence-electron chi connectivity index (χ1n) is 10.6. The van der Waals surface area contributed by atoms with Crippen molar-refractivity contribution >= 4 is 22.8 Å². The summed E-state index contributed by atoms with van der Waals surface area (Å²) >= 11 is 0. The van der Waals surface area contributed by atoms with Gasteiger partial charge in [-0.2, -0.15) is 0 Å². The quantitative estimate of drug-likeness (QED) is 0.605. The number of nitrogens with one attached hydrogen (secondary N) is 2. The molecular weight excluding hydrogens is 378 g/mol. The van der Waals surface area contributed by atoms with Crippen molar-refractivity contribution in [3.05, 3.63) is 60.0 Å². The Bertz CT molecular complexity index is 1060. The van der Waals surface area contributed by atoms with E-state index in [4.69, 9.17) is 0 Å². The summed E-state index contributed by atoms with van der Waals surface area (Å²) in [6.07, 6.45) is 10.3. The lowest BCUT2D eigenvalue weighted by molar-refractivity contribution is 0.0932. The van der Waals surface area contributed by atoms with Gasteiger partial charge in [0.05, 0.1) is 22.7 Å². The van der Waals surface area contributed by atoms with E-state index in [1.807, 2.05) is 36.5 Å². The van der Waals surface area contributed by atoms with E-state index in [1.54, 1.807) is 12.4 Å². The number of aliphatic hydroxyl groups excluding tert-OH is 1. The smallest absolute Gasteiger partial charge is 0.254 e. The number of para-hydroxylation sites is 1. The number of amides is 1. The van der Waals surface area contributed by atoms with E-state index >= 15 is 0 Å². The second kappa shape index (κ2) is 7.65. The largest absolute Gasteiger partial charge is 0.393 e. The zero-order valence-electron chi connectivity index (χ0n) is 16.7. The topological polar surface area (TPSA) is 100 Å². The van der Waals surface area contributed by atoms with Gasteiger partial charge in [-0.1, -0.05) is 18.2 Å². The van der Waals surface area contributed by atoms with E-state index in [-0.39, 0.29) is 23.6 Å². The number of carbonyl (C=O) groups excluding carboxylic acids is 1. The first-order valence-corrected chi connectivity index (χ1v) is 10.6. The molecule has 1 amide bonds. The third-order valence-electron chi connectivity index (χ3n) is 6.20. The minimum absolute atomic E-state index is 0.132. The Morgan fingerprint density at radius 1 is 1.07 bits per heavy atom. The first-order chi connectivity index (χ1) is 14.6. The molecule has 5 rings (SSSR count). The van der Waals surface area contributed by atoms with Gasteiger partial charge < -0.3 is 15.7 Å². The van der Waals surface area contributed by atoms with Crippen molar-refractivity contribution in [3.8, 4) is 0 Å². The fourth-order valence-electron chi connectivity index (χ4n) is 4.25. The van der Waals surface area contributed by atoms with Crippen molar-refractivity contribution in [2.75, 3.05) is 5.32 Å². The standard InChI is InChI=1S/C23H25N5O2/c29-18-8-6-17(7-9-18)26-22-25-13-15-3-1-5-19(20(15)27-22)21(30)28-23(10-11-23)16-4-2-12-24-14-16/h1-5,12-14,17-18,29H,6-11H2,(H,28,30)(H,25,26,27)/t17-,18-. The van der Waals surface area contributed by atoms with Crippen LogP contribution in [0.25, 0.3) is 10.9 Å². The van der Waals surface area contributed by atoms with E-state index in [2.05, 4.69) is 25.6 Å². The number of hydrogen-bond donors (Lipinski definition) is 3. The van der Waals surface area contributed by atoms with Crippen LogP contribution in [0.4, 0.5) is 5.95 Å². The number of rotatable bonds is 5. The normalized spacial score (nSPS) is 22.4. The van der Waals surface area contributed by atoms with Crippen LogP contribution in [0, 0.1) is 0 Å². The first kappa shape index (κ1) is 18.9. The number of carbonyl (C=O) groups is 1. The summed E-state index contributed by atoms with van der Waals surface area (Å²) in [5.41, 5.74) is 1.90. The average Bonchev–Trinajstić information content (AvgIpc) is 3.56. The molecule has 7 nitrogen and oxygen atoms in total. The van der Waals surface area contributed by atoms with E-state index in [0.717, 1.165) is 49.5 Å². The van der Waals surface area contributed by atoms with Gasteiger partial charge >= 0.3 is 0 Å². The number of hydrogen-bond acceptors (Lipinski definition) is 6. The van der Waals surface area contributed by atoms with Crippen molar-refractivity contribution in [2.24, 2.45) is 0 Å². The summed E-state index contributed by atoms with van der Waals surface area (Å²) in [6.45, 7) is 0. The van der Waals surface area contributed by atoms with Crippen LogP contribution in [0.15, 0.2) is 48.9 Å². The lowest BCUT2D eigenvalue weighted by Gasteiger charge is -2.26. The monoisotopic (exact) mass is 403 g/mol. The van der Waals surface area contributed by atoms with Gasteiger partial charge in [0.25, 0.3) is 5.91 Å². The number of aromatic nitrogens is 3. The molecule has 2 saturated carbocycles. The molecule has 3 N–H and O–H groups in total. The molecule has 0 saturated heterocycles. The summed E-state index contributed by atoms with van der Waals surface area (Å²) in [4.78, 5) is 26.5. The lowest BCUT2D eigenvalue weighted by atomic mass is 9.93. The molecule has 0 bridgehead atoms. The highest BCUT2D eigenvalue weighted by Crippen LogP contribution is 2.45. The third-order valence-corrected chi connectivity index (χ3v) is 6.20. The van der Waals surface area contributed by atoms with Crippen molar-refractivity contribution in [1.82, 2.24) is 20.3 Å². The van der Waals surface area contributed by atoms with Gasteiger partial charge in [0.1, 0.15) is 0 Å². The molecule has 2 aromatic heterocycles. The predicted octanol–water partition coefficient (Wildman–Crippen LogP) is 3.16. The van der Waals surface area contributed by atoms with Crippen LogP contribution < -0.4 is 10.6 Å². The molecule has 7 heteroatoms. The van der Waals surface area contributed by atoms with Gasteiger partial charge in [-0.15, -0.1) is 0 Å². The SMILES string of the molecule is O=C(NC1(c2cccnc2)CC1)c1cccc2cnc(N[C@H]3CC[C@H](O)CC3)nc12. The number of nitrogens with zero attached hydrogens (tertiary/aromatic N) is 3. The van der Waals surface area contributed by atoms with Crippen molar-refractivity contribution in [2.45, 2.75) is 56.2 Å². The fraction of sp³-hybridized carbons (Fsp3) is 0.391. The van der Waals surface area contributed by atoms with Crippen LogP contribution in [-0.4, -0.2) is 38.1 Å². The van der Waals surface area contributed by atoms with Crippen LogP contribution in [-0.2, 0) is 5.54 Å². The van der Waals surface area contributed by atoms with E-state index in [1.165, 1.54) is 0 Å². The Morgan fingerprint density at radius 2 is 1.90 bits per heavy atom. The minimum atomic E-state index is -0.329. The van der Waals surface area contributed by atoms with E-state index in [0.29, 0.717) is 17.0 Å². The molecule has 0 unspecified atom stereocenters. The Morgan fingerprint density at radius 3 is 2.63 bits per heavy atom. The summed E-state index contributed by atoms with van der Waals surface area (Å²) in [7, 11) is 0. The van der Waals surface area contributed by atoms with Gasteiger partial charge in [-0.3, -0.25) is 9.78 Å². The second-order valence-electron chi connectivity index (χ2n) is 8.36. The Balaban J connectivity index is 1.39. The van der Waals surface area contributed by atoms with Crippen molar-refractivity contribution in [3.63, 3.8) is 0 Å². The molecule has 2 fully saturated rings. The Hall–Kier alpha value is -3.06. The maximum absolute atomic E-state index is 13.2. The molecule has 2 aliphatic carbocycles.